The van der Waals surface area contributed by atoms with Gasteiger partial charge in [-0.1, -0.05) is 12.2 Å². The van der Waals surface area contributed by atoms with Crippen LogP contribution in [0.25, 0.3) is 0 Å². The van der Waals surface area contributed by atoms with Gasteiger partial charge in [-0.3, -0.25) is 4.79 Å². The summed E-state index contributed by atoms with van der Waals surface area (Å²) in [6.07, 6.45) is 3.78. The van der Waals surface area contributed by atoms with Crippen molar-refractivity contribution < 1.29 is 4.79 Å². The summed E-state index contributed by atoms with van der Waals surface area (Å²) >= 11 is 0. The number of rotatable bonds is 6. The van der Waals surface area contributed by atoms with E-state index in [1.165, 1.54) is 0 Å². The molecule has 0 heterocycles. The van der Waals surface area contributed by atoms with Crippen LogP contribution in [0.3, 0.4) is 0 Å². The topological polar surface area (TPSA) is 46.3 Å². The summed E-state index contributed by atoms with van der Waals surface area (Å²) in [6.45, 7) is 8.64. The van der Waals surface area contributed by atoms with Crippen LogP contribution in [0.5, 0.6) is 0 Å². The first-order valence-corrected chi connectivity index (χ1v) is 3.95. The fourth-order valence-electron chi connectivity index (χ4n) is 0.871. The maximum atomic E-state index is 11.3. The zero-order valence-electron chi connectivity index (χ0n) is 7.33. The largest absolute Gasteiger partial charge is 0.335 e. The first-order valence-electron chi connectivity index (χ1n) is 3.95. The minimum atomic E-state index is 0.0531. The van der Waals surface area contributed by atoms with E-state index in [4.69, 9.17) is 5.73 Å². The Kier molecular flexibility index (Phi) is 6.01. The SMILES string of the molecule is C=CCN(CC=C)C(=O)CCN. The molecule has 0 aromatic heterocycles. The van der Waals surface area contributed by atoms with Crippen molar-refractivity contribution in [2.24, 2.45) is 5.73 Å². The van der Waals surface area contributed by atoms with E-state index >= 15 is 0 Å². The molecule has 0 aliphatic carbocycles. The molecule has 3 nitrogen and oxygen atoms in total. The van der Waals surface area contributed by atoms with Crippen LogP contribution < -0.4 is 5.73 Å². The highest BCUT2D eigenvalue weighted by molar-refractivity contribution is 5.76. The molecule has 0 unspecified atom stereocenters. The molecule has 0 aliphatic heterocycles. The lowest BCUT2D eigenvalue weighted by Crippen LogP contribution is -2.32. The summed E-state index contributed by atoms with van der Waals surface area (Å²) in [5.41, 5.74) is 5.26. The van der Waals surface area contributed by atoms with E-state index in [0.717, 1.165) is 0 Å². The standard InChI is InChI=1S/C9H16N2O/c1-3-7-11(8-4-2)9(12)5-6-10/h3-4H,1-2,5-8,10H2. The number of nitrogens with two attached hydrogens (primary N) is 1. The predicted molar refractivity (Wildman–Crippen MR) is 50.6 cm³/mol. The van der Waals surface area contributed by atoms with E-state index in [9.17, 15) is 4.79 Å². The Morgan fingerprint density at radius 2 is 1.83 bits per heavy atom. The van der Waals surface area contributed by atoms with Crippen molar-refractivity contribution in [3.63, 3.8) is 0 Å². The van der Waals surface area contributed by atoms with Crippen LogP contribution in [0.15, 0.2) is 25.3 Å². The van der Waals surface area contributed by atoms with Crippen molar-refractivity contribution >= 4 is 5.91 Å². The van der Waals surface area contributed by atoms with E-state index in [-0.39, 0.29) is 5.91 Å². The van der Waals surface area contributed by atoms with Crippen LogP contribution in [0, 0.1) is 0 Å². The highest BCUT2D eigenvalue weighted by atomic mass is 16.2. The normalized spacial score (nSPS) is 9.08. The summed E-state index contributed by atoms with van der Waals surface area (Å²) < 4.78 is 0. The minimum absolute atomic E-state index is 0.0531. The summed E-state index contributed by atoms with van der Waals surface area (Å²) in [7, 11) is 0. The molecular formula is C9H16N2O. The highest BCUT2D eigenvalue weighted by Crippen LogP contribution is 1.93. The molecular weight excluding hydrogens is 152 g/mol. The Balaban J connectivity index is 3.97. The minimum Gasteiger partial charge on any atom is -0.335 e. The number of amides is 1. The number of hydrogen-bond donors (Lipinski definition) is 1. The third kappa shape index (κ3) is 3.93. The molecule has 0 saturated carbocycles. The maximum absolute atomic E-state index is 11.3. The quantitative estimate of drug-likeness (QED) is 0.588. The second kappa shape index (κ2) is 6.61. The molecule has 68 valence electrons. The lowest BCUT2D eigenvalue weighted by Gasteiger charge is -2.18. The van der Waals surface area contributed by atoms with E-state index < -0.39 is 0 Å². The molecule has 0 atom stereocenters. The first kappa shape index (κ1) is 10.9. The average molecular weight is 168 g/mol. The molecule has 0 bridgehead atoms. The molecule has 0 saturated heterocycles. The van der Waals surface area contributed by atoms with Crippen LogP contribution in [0.2, 0.25) is 0 Å². The van der Waals surface area contributed by atoms with Crippen LogP contribution in [-0.4, -0.2) is 30.4 Å². The van der Waals surface area contributed by atoms with Gasteiger partial charge < -0.3 is 10.6 Å². The third-order valence-electron chi connectivity index (χ3n) is 1.41. The second-order valence-corrected chi connectivity index (χ2v) is 2.41. The molecule has 0 radical (unpaired) electrons. The molecule has 0 spiro atoms. The molecule has 0 aliphatic rings. The summed E-state index contributed by atoms with van der Waals surface area (Å²) in [5.74, 6) is 0.0531. The van der Waals surface area contributed by atoms with Crippen LogP contribution >= 0.6 is 0 Å². The number of hydrogen-bond acceptors (Lipinski definition) is 2. The molecule has 0 fully saturated rings. The van der Waals surface area contributed by atoms with Crippen LogP contribution in [0.1, 0.15) is 6.42 Å². The first-order chi connectivity index (χ1) is 5.76. The summed E-state index contributed by atoms with van der Waals surface area (Å²) in [6, 6.07) is 0. The van der Waals surface area contributed by atoms with Gasteiger partial charge in [0.1, 0.15) is 0 Å². The van der Waals surface area contributed by atoms with Crippen molar-refractivity contribution in [3.05, 3.63) is 25.3 Å². The van der Waals surface area contributed by atoms with Gasteiger partial charge in [0, 0.05) is 26.1 Å². The average Bonchev–Trinajstić information content (AvgIpc) is 2.04. The number of nitrogens with zero attached hydrogens (tertiary/aromatic N) is 1. The fourth-order valence-corrected chi connectivity index (χ4v) is 0.871. The highest BCUT2D eigenvalue weighted by Gasteiger charge is 2.07. The molecule has 0 aromatic carbocycles. The Morgan fingerprint density at radius 1 is 1.33 bits per heavy atom. The van der Waals surface area contributed by atoms with Gasteiger partial charge in [0.25, 0.3) is 0 Å². The second-order valence-electron chi connectivity index (χ2n) is 2.41. The fraction of sp³-hybridized carbons (Fsp3) is 0.444. The summed E-state index contributed by atoms with van der Waals surface area (Å²) in [5, 5.41) is 0. The van der Waals surface area contributed by atoms with E-state index in [1.54, 1.807) is 17.1 Å². The number of carbonyl (C=O) groups excluding carboxylic acids is 1. The lowest BCUT2D eigenvalue weighted by atomic mass is 10.3. The zero-order chi connectivity index (χ0) is 9.40. The van der Waals surface area contributed by atoms with Gasteiger partial charge in [-0.25, -0.2) is 0 Å². The lowest BCUT2D eigenvalue weighted by molar-refractivity contribution is -0.129. The number of carbonyl (C=O) groups is 1. The van der Waals surface area contributed by atoms with Gasteiger partial charge >= 0.3 is 0 Å². The molecule has 2 N–H and O–H groups in total. The van der Waals surface area contributed by atoms with Crippen molar-refractivity contribution in [1.82, 2.24) is 4.90 Å². The monoisotopic (exact) mass is 168 g/mol. The molecule has 1 amide bonds. The van der Waals surface area contributed by atoms with Gasteiger partial charge in [-0.2, -0.15) is 0 Å². The van der Waals surface area contributed by atoms with Crippen LogP contribution in [0.4, 0.5) is 0 Å². The van der Waals surface area contributed by atoms with E-state index in [2.05, 4.69) is 13.2 Å². The molecule has 0 rings (SSSR count). The van der Waals surface area contributed by atoms with Gasteiger partial charge in [-0.05, 0) is 0 Å². The smallest absolute Gasteiger partial charge is 0.224 e. The summed E-state index contributed by atoms with van der Waals surface area (Å²) in [4.78, 5) is 12.9. The molecule has 0 aromatic rings. The predicted octanol–water partition coefficient (Wildman–Crippen LogP) is 0.536. The Labute approximate surface area is 73.5 Å². The maximum Gasteiger partial charge on any atom is 0.224 e. The van der Waals surface area contributed by atoms with Crippen molar-refractivity contribution in [1.29, 1.82) is 0 Å². The van der Waals surface area contributed by atoms with Gasteiger partial charge in [-0.15, -0.1) is 13.2 Å². The zero-order valence-corrected chi connectivity index (χ0v) is 7.33. The Hall–Kier alpha value is -1.09. The van der Waals surface area contributed by atoms with Gasteiger partial charge in [0.05, 0.1) is 0 Å². The van der Waals surface area contributed by atoms with Gasteiger partial charge in [0.15, 0.2) is 0 Å². The van der Waals surface area contributed by atoms with Gasteiger partial charge in [0.2, 0.25) is 5.91 Å². The van der Waals surface area contributed by atoms with Crippen molar-refractivity contribution in [2.75, 3.05) is 19.6 Å². The van der Waals surface area contributed by atoms with E-state index in [0.29, 0.717) is 26.1 Å². The molecule has 12 heavy (non-hydrogen) atoms. The van der Waals surface area contributed by atoms with Crippen LogP contribution in [-0.2, 0) is 4.79 Å². The van der Waals surface area contributed by atoms with Crippen molar-refractivity contribution in [3.8, 4) is 0 Å². The Bertz CT molecular complexity index is 156. The third-order valence-corrected chi connectivity index (χ3v) is 1.41. The van der Waals surface area contributed by atoms with Crippen molar-refractivity contribution in [2.45, 2.75) is 6.42 Å². The Morgan fingerprint density at radius 3 is 2.17 bits per heavy atom. The molecule has 3 heteroatoms. The van der Waals surface area contributed by atoms with E-state index in [1.807, 2.05) is 0 Å².